The molecule has 104 valence electrons. The van der Waals surface area contributed by atoms with Gasteiger partial charge in [-0.1, -0.05) is 17.7 Å². The fraction of sp³-hybridized carbons (Fsp3) is 0.188. The number of nitrogens with two attached hydrogens (primary N) is 1. The second-order valence-electron chi connectivity index (χ2n) is 4.75. The van der Waals surface area contributed by atoms with Gasteiger partial charge in [0, 0.05) is 25.3 Å². The van der Waals surface area contributed by atoms with Crippen LogP contribution in [0.1, 0.15) is 15.9 Å². The third kappa shape index (κ3) is 2.74. The number of carbonyl (C=O) groups excluding carboxylic acids is 1. The van der Waals surface area contributed by atoms with E-state index in [1.54, 1.807) is 19.2 Å². The average Bonchev–Trinajstić information content (AvgIpc) is 2.46. The highest BCUT2D eigenvalue weighted by molar-refractivity contribution is 5.96. The van der Waals surface area contributed by atoms with E-state index in [1.807, 2.05) is 30.1 Å². The monoisotopic (exact) mass is 269 g/mol. The maximum absolute atomic E-state index is 11.6. The van der Waals surface area contributed by atoms with Crippen LogP contribution in [0.2, 0.25) is 0 Å². The van der Waals surface area contributed by atoms with Crippen molar-refractivity contribution < 1.29 is 4.79 Å². The summed E-state index contributed by atoms with van der Waals surface area (Å²) >= 11 is 0. The van der Waals surface area contributed by atoms with E-state index in [4.69, 9.17) is 5.73 Å². The molecule has 3 N–H and O–H groups in total. The normalized spacial score (nSPS) is 10.2. The zero-order valence-electron chi connectivity index (χ0n) is 12.0. The Balaban J connectivity index is 2.33. The Morgan fingerprint density at radius 2 is 1.80 bits per heavy atom. The molecule has 0 atom stereocenters. The first-order valence-corrected chi connectivity index (χ1v) is 6.45. The molecule has 4 nitrogen and oxygen atoms in total. The Kier molecular flexibility index (Phi) is 3.94. The van der Waals surface area contributed by atoms with E-state index in [0.717, 1.165) is 11.4 Å². The minimum absolute atomic E-state index is 0.138. The van der Waals surface area contributed by atoms with E-state index >= 15 is 0 Å². The Labute approximate surface area is 119 Å². The maximum atomic E-state index is 11.6. The number of nitrogen functional groups attached to an aromatic ring is 1. The van der Waals surface area contributed by atoms with Gasteiger partial charge in [-0.2, -0.15) is 0 Å². The molecule has 0 saturated carbocycles. The Morgan fingerprint density at radius 1 is 1.15 bits per heavy atom. The van der Waals surface area contributed by atoms with Gasteiger partial charge >= 0.3 is 0 Å². The summed E-state index contributed by atoms with van der Waals surface area (Å²) < 4.78 is 0. The number of hydrogen-bond donors (Lipinski definition) is 2. The molecule has 0 bridgehead atoms. The molecule has 0 saturated heterocycles. The number of carbonyl (C=O) groups is 1. The van der Waals surface area contributed by atoms with E-state index in [2.05, 4.69) is 24.4 Å². The minimum Gasteiger partial charge on any atom is -0.397 e. The first kappa shape index (κ1) is 13.9. The molecule has 1 amide bonds. The predicted molar refractivity (Wildman–Crippen MR) is 83.5 cm³/mol. The molecule has 0 aliphatic rings. The van der Waals surface area contributed by atoms with Gasteiger partial charge in [0.25, 0.3) is 5.91 Å². The summed E-state index contributed by atoms with van der Waals surface area (Å²) in [6.07, 6.45) is 0. The van der Waals surface area contributed by atoms with Crippen LogP contribution in [0.15, 0.2) is 42.5 Å². The van der Waals surface area contributed by atoms with Gasteiger partial charge in [-0.3, -0.25) is 4.79 Å². The smallest absolute Gasteiger partial charge is 0.251 e. The van der Waals surface area contributed by atoms with Gasteiger partial charge in [0.15, 0.2) is 0 Å². The number of anilines is 3. The van der Waals surface area contributed by atoms with Crippen LogP contribution in [0.5, 0.6) is 0 Å². The van der Waals surface area contributed by atoms with Crippen LogP contribution in [-0.4, -0.2) is 20.0 Å². The van der Waals surface area contributed by atoms with Crippen molar-refractivity contribution >= 4 is 23.0 Å². The van der Waals surface area contributed by atoms with E-state index in [1.165, 1.54) is 5.56 Å². The van der Waals surface area contributed by atoms with Crippen molar-refractivity contribution in [2.75, 3.05) is 24.7 Å². The minimum atomic E-state index is -0.138. The summed E-state index contributed by atoms with van der Waals surface area (Å²) in [5.41, 5.74) is 10.3. The molecule has 0 heterocycles. The molecule has 0 unspecified atom stereocenters. The quantitative estimate of drug-likeness (QED) is 0.842. The molecule has 0 aliphatic carbocycles. The zero-order valence-corrected chi connectivity index (χ0v) is 12.0. The zero-order chi connectivity index (χ0) is 14.7. The Hall–Kier alpha value is -2.49. The van der Waals surface area contributed by atoms with Crippen molar-refractivity contribution in [3.05, 3.63) is 53.6 Å². The van der Waals surface area contributed by atoms with Gasteiger partial charge in [0.2, 0.25) is 0 Å². The highest BCUT2D eigenvalue weighted by Crippen LogP contribution is 2.29. The lowest BCUT2D eigenvalue weighted by Gasteiger charge is -2.21. The van der Waals surface area contributed by atoms with Crippen LogP contribution < -0.4 is 16.0 Å². The van der Waals surface area contributed by atoms with Gasteiger partial charge in [0.05, 0.1) is 11.4 Å². The van der Waals surface area contributed by atoms with Crippen LogP contribution in [0.3, 0.4) is 0 Å². The fourth-order valence-corrected chi connectivity index (χ4v) is 2.05. The number of aryl methyl sites for hydroxylation is 1. The summed E-state index contributed by atoms with van der Waals surface area (Å²) in [7, 11) is 3.56. The Bertz CT molecular complexity index is 620. The molecule has 0 fully saturated rings. The van der Waals surface area contributed by atoms with Crippen molar-refractivity contribution in [3.8, 4) is 0 Å². The van der Waals surface area contributed by atoms with Gasteiger partial charge in [-0.15, -0.1) is 0 Å². The molecule has 2 aromatic carbocycles. The van der Waals surface area contributed by atoms with Crippen LogP contribution in [0, 0.1) is 6.92 Å². The lowest BCUT2D eigenvalue weighted by atomic mass is 10.1. The summed E-state index contributed by atoms with van der Waals surface area (Å²) in [6.45, 7) is 2.05. The first-order chi connectivity index (χ1) is 9.52. The van der Waals surface area contributed by atoms with E-state index in [-0.39, 0.29) is 5.91 Å². The number of nitrogens with zero attached hydrogens (tertiary/aromatic N) is 1. The average molecular weight is 269 g/mol. The standard InChI is InChI=1S/C16H19N3O/c1-11-4-7-13(8-5-11)19(3)15-9-6-12(10-14(15)17)16(20)18-2/h4-10H,17H2,1-3H3,(H,18,20). The molecule has 2 rings (SSSR count). The molecular weight excluding hydrogens is 250 g/mol. The lowest BCUT2D eigenvalue weighted by molar-refractivity contribution is 0.0963. The lowest BCUT2D eigenvalue weighted by Crippen LogP contribution is -2.18. The highest BCUT2D eigenvalue weighted by Gasteiger charge is 2.10. The molecule has 2 aromatic rings. The fourth-order valence-electron chi connectivity index (χ4n) is 2.05. The third-order valence-electron chi connectivity index (χ3n) is 3.30. The SMILES string of the molecule is CNC(=O)c1ccc(N(C)c2ccc(C)cc2)c(N)c1. The Morgan fingerprint density at radius 3 is 2.35 bits per heavy atom. The predicted octanol–water partition coefficient (Wildman–Crippen LogP) is 2.70. The van der Waals surface area contributed by atoms with Gasteiger partial charge < -0.3 is 16.0 Å². The molecule has 20 heavy (non-hydrogen) atoms. The van der Waals surface area contributed by atoms with Crippen LogP contribution >= 0.6 is 0 Å². The van der Waals surface area contributed by atoms with Gasteiger partial charge in [-0.05, 0) is 37.3 Å². The van der Waals surface area contributed by atoms with Gasteiger partial charge in [-0.25, -0.2) is 0 Å². The molecule has 0 aromatic heterocycles. The summed E-state index contributed by atoms with van der Waals surface area (Å²) in [5.74, 6) is -0.138. The summed E-state index contributed by atoms with van der Waals surface area (Å²) in [6, 6.07) is 13.5. The van der Waals surface area contributed by atoms with Crippen molar-refractivity contribution in [1.82, 2.24) is 5.32 Å². The molecule has 0 aliphatic heterocycles. The molecular formula is C16H19N3O. The van der Waals surface area contributed by atoms with Crippen molar-refractivity contribution in [2.45, 2.75) is 6.92 Å². The number of rotatable bonds is 3. The van der Waals surface area contributed by atoms with Crippen molar-refractivity contribution in [2.24, 2.45) is 0 Å². The summed E-state index contributed by atoms with van der Waals surface area (Å²) in [4.78, 5) is 13.6. The maximum Gasteiger partial charge on any atom is 0.251 e. The van der Waals surface area contributed by atoms with Crippen LogP contribution in [0.4, 0.5) is 17.1 Å². The number of nitrogens with one attached hydrogen (secondary N) is 1. The first-order valence-electron chi connectivity index (χ1n) is 6.45. The van der Waals surface area contributed by atoms with Crippen LogP contribution in [0.25, 0.3) is 0 Å². The molecule has 0 radical (unpaired) electrons. The van der Waals surface area contributed by atoms with E-state index in [0.29, 0.717) is 11.3 Å². The molecule has 4 heteroatoms. The van der Waals surface area contributed by atoms with Gasteiger partial charge in [0.1, 0.15) is 0 Å². The molecule has 0 spiro atoms. The van der Waals surface area contributed by atoms with Crippen molar-refractivity contribution in [3.63, 3.8) is 0 Å². The third-order valence-corrected chi connectivity index (χ3v) is 3.30. The van der Waals surface area contributed by atoms with Crippen molar-refractivity contribution in [1.29, 1.82) is 0 Å². The second-order valence-corrected chi connectivity index (χ2v) is 4.75. The number of benzene rings is 2. The second kappa shape index (κ2) is 5.65. The largest absolute Gasteiger partial charge is 0.397 e. The van der Waals surface area contributed by atoms with E-state index < -0.39 is 0 Å². The topological polar surface area (TPSA) is 58.4 Å². The number of hydrogen-bond acceptors (Lipinski definition) is 3. The highest BCUT2D eigenvalue weighted by atomic mass is 16.1. The summed E-state index contributed by atoms with van der Waals surface area (Å²) in [5, 5.41) is 2.59. The number of amides is 1. The van der Waals surface area contributed by atoms with E-state index in [9.17, 15) is 4.79 Å². The van der Waals surface area contributed by atoms with Crippen LogP contribution in [-0.2, 0) is 0 Å².